The van der Waals surface area contributed by atoms with Crippen LogP contribution in [0.15, 0.2) is 35.1 Å². The summed E-state index contributed by atoms with van der Waals surface area (Å²) < 4.78 is 0. The fraction of sp³-hybridized carbons (Fsp3) is 0.400. The Kier molecular flexibility index (Phi) is 4.15. The van der Waals surface area contributed by atoms with Gasteiger partial charge in [0.1, 0.15) is 0 Å². The standard InChI is InChI=1S/C15H20N2O/c1-3-11(2)9-16-10-13-8-12-6-4-5-7-14(12)17-15(13)18/h4-8,11,16H,3,9-10H2,1-2H3,(H,17,18). The van der Waals surface area contributed by atoms with Gasteiger partial charge in [0.2, 0.25) is 0 Å². The average Bonchev–Trinajstić information content (AvgIpc) is 2.39. The summed E-state index contributed by atoms with van der Waals surface area (Å²) in [4.78, 5) is 14.8. The molecule has 3 nitrogen and oxygen atoms in total. The lowest BCUT2D eigenvalue weighted by atomic mass is 10.1. The highest BCUT2D eigenvalue weighted by Crippen LogP contribution is 2.10. The number of para-hydroxylation sites is 1. The topological polar surface area (TPSA) is 44.9 Å². The molecule has 1 aromatic carbocycles. The zero-order valence-electron chi connectivity index (χ0n) is 11.0. The molecule has 2 rings (SSSR count). The van der Waals surface area contributed by atoms with E-state index in [-0.39, 0.29) is 5.56 Å². The van der Waals surface area contributed by atoms with Crippen molar-refractivity contribution in [1.82, 2.24) is 10.3 Å². The van der Waals surface area contributed by atoms with Crippen molar-refractivity contribution in [2.24, 2.45) is 5.92 Å². The third kappa shape index (κ3) is 2.99. The van der Waals surface area contributed by atoms with E-state index in [0.29, 0.717) is 12.5 Å². The number of aromatic amines is 1. The molecule has 2 aromatic rings. The molecule has 0 saturated heterocycles. The average molecular weight is 244 g/mol. The fourth-order valence-corrected chi connectivity index (χ4v) is 1.92. The van der Waals surface area contributed by atoms with E-state index in [1.54, 1.807) is 0 Å². The Morgan fingerprint density at radius 3 is 2.89 bits per heavy atom. The first kappa shape index (κ1) is 12.8. The summed E-state index contributed by atoms with van der Waals surface area (Å²) in [5, 5.41) is 4.42. The first-order valence-electron chi connectivity index (χ1n) is 6.52. The zero-order valence-corrected chi connectivity index (χ0v) is 11.0. The molecule has 0 spiro atoms. The van der Waals surface area contributed by atoms with Crippen molar-refractivity contribution in [1.29, 1.82) is 0 Å². The van der Waals surface area contributed by atoms with E-state index in [1.165, 1.54) is 0 Å². The minimum atomic E-state index is 0.00496. The quantitative estimate of drug-likeness (QED) is 0.849. The van der Waals surface area contributed by atoms with Crippen LogP contribution in [0.5, 0.6) is 0 Å². The molecule has 0 bridgehead atoms. The molecule has 0 amide bonds. The number of benzene rings is 1. The van der Waals surface area contributed by atoms with Gasteiger partial charge in [0.25, 0.3) is 5.56 Å². The highest BCUT2D eigenvalue weighted by molar-refractivity contribution is 5.78. The Labute approximate surface area is 107 Å². The second-order valence-corrected chi connectivity index (χ2v) is 4.86. The molecule has 2 N–H and O–H groups in total. The monoisotopic (exact) mass is 244 g/mol. The molecule has 0 aliphatic rings. The van der Waals surface area contributed by atoms with Gasteiger partial charge in [-0.3, -0.25) is 4.79 Å². The lowest BCUT2D eigenvalue weighted by molar-refractivity contribution is 0.499. The molecule has 18 heavy (non-hydrogen) atoms. The van der Waals surface area contributed by atoms with Crippen LogP contribution in [0.1, 0.15) is 25.8 Å². The van der Waals surface area contributed by atoms with Crippen LogP contribution in [0.25, 0.3) is 10.9 Å². The second kappa shape index (κ2) is 5.83. The minimum Gasteiger partial charge on any atom is -0.322 e. The first-order valence-corrected chi connectivity index (χ1v) is 6.52. The number of H-pyrrole nitrogens is 1. The molecular formula is C15H20N2O. The number of pyridine rings is 1. The maximum absolute atomic E-state index is 11.9. The predicted molar refractivity (Wildman–Crippen MR) is 75.7 cm³/mol. The highest BCUT2D eigenvalue weighted by Gasteiger charge is 2.03. The summed E-state index contributed by atoms with van der Waals surface area (Å²) in [6.07, 6.45) is 1.15. The van der Waals surface area contributed by atoms with Crippen molar-refractivity contribution in [3.05, 3.63) is 46.2 Å². The van der Waals surface area contributed by atoms with Crippen molar-refractivity contribution in [3.63, 3.8) is 0 Å². The molecule has 96 valence electrons. The Morgan fingerprint density at radius 2 is 2.11 bits per heavy atom. The van der Waals surface area contributed by atoms with Crippen LogP contribution in [0.4, 0.5) is 0 Å². The van der Waals surface area contributed by atoms with Gasteiger partial charge in [-0.25, -0.2) is 0 Å². The number of rotatable bonds is 5. The van der Waals surface area contributed by atoms with Crippen LogP contribution in [-0.2, 0) is 6.54 Å². The van der Waals surface area contributed by atoms with E-state index in [1.807, 2.05) is 30.3 Å². The van der Waals surface area contributed by atoms with Gasteiger partial charge in [0.15, 0.2) is 0 Å². The van der Waals surface area contributed by atoms with Gasteiger partial charge >= 0.3 is 0 Å². The SMILES string of the molecule is CCC(C)CNCc1cc2ccccc2[nH]c1=O. The van der Waals surface area contributed by atoms with E-state index in [4.69, 9.17) is 0 Å². The Morgan fingerprint density at radius 1 is 1.33 bits per heavy atom. The van der Waals surface area contributed by atoms with Crippen LogP contribution in [-0.4, -0.2) is 11.5 Å². The van der Waals surface area contributed by atoms with Gasteiger partial charge in [-0.05, 0) is 30.0 Å². The van der Waals surface area contributed by atoms with Gasteiger partial charge in [-0.2, -0.15) is 0 Å². The van der Waals surface area contributed by atoms with Crippen LogP contribution in [0.2, 0.25) is 0 Å². The van der Waals surface area contributed by atoms with Crippen molar-refractivity contribution >= 4 is 10.9 Å². The molecule has 1 aromatic heterocycles. The molecule has 3 heteroatoms. The maximum Gasteiger partial charge on any atom is 0.252 e. The summed E-state index contributed by atoms with van der Waals surface area (Å²) in [5.41, 5.74) is 1.70. The van der Waals surface area contributed by atoms with Gasteiger partial charge in [-0.15, -0.1) is 0 Å². The molecule has 1 unspecified atom stereocenters. The number of fused-ring (bicyclic) bond motifs is 1. The smallest absolute Gasteiger partial charge is 0.252 e. The molecule has 1 atom stereocenters. The van der Waals surface area contributed by atoms with Crippen LogP contribution in [0.3, 0.4) is 0 Å². The van der Waals surface area contributed by atoms with Crippen molar-refractivity contribution in [2.75, 3.05) is 6.54 Å². The summed E-state index contributed by atoms with van der Waals surface area (Å²) >= 11 is 0. The number of aromatic nitrogens is 1. The Hall–Kier alpha value is -1.61. The van der Waals surface area contributed by atoms with Crippen molar-refractivity contribution < 1.29 is 0 Å². The Balaban J connectivity index is 2.13. The Bertz CT molecular complexity index is 574. The molecule has 0 aliphatic heterocycles. The molecule has 0 saturated carbocycles. The molecular weight excluding hydrogens is 224 g/mol. The largest absolute Gasteiger partial charge is 0.322 e. The third-order valence-electron chi connectivity index (χ3n) is 3.34. The molecule has 0 aliphatic carbocycles. The summed E-state index contributed by atoms with van der Waals surface area (Å²) in [6, 6.07) is 9.82. The lowest BCUT2D eigenvalue weighted by Gasteiger charge is -2.10. The predicted octanol–water partition coefficient (Wildman–Crippen LogP) is 2.66. The number of nitrogens with one attached hydrogen (secondary N) is 2. The van der Waals surface area contributed by atoms with Crippen LogP contribution < -0.4 is 10.9 Å². The molecule has 1 heterocycles. The first-order chi connectivity index (χ1) is 8.70. The number of hydrogen-bond acceptors (Lipinski definition) is 2. The zero-order chi connectivity index (χ0) is 13.0. The van der Waals surface area contributed by atoms with Crippen molar-refractivity contribution in [2.45, 2.75) is 26.8 Å². The van der Waals surface area contributed by atoms with E-state index in [9.17, 15) is 4.79 Å². The van der Waals surface area contributed by atoms with Gasteiger partial charge < -0.3 is 10.3 Å². The van der Waals surface area contributed by atoms with Gasteiger partial charge in [0.05, 0.1) is 0 Å². The second-order valence-electron chi connectivity index (χ2n) is 4.86. The van der Waals surface area contributed by atoms with E-state index >= 15 is 0 Å². The van der Waals surface area contributed by atoms with Crippen molar-refractivity contribution in [3.8, 4) is 0 Å². The van der Waals surface area contributed by atoms with Gasteiger partial charge in [-0.1, -0.05) is 38.5 Å². The lowest BCUT2D eigenvalue weighted by Crippen LogP contribution is -2.24. The molecule has 0 fully saturated rings. The normalized spacial score (nSPS) is 12.8. The molecule has 0 radical (unpaired) electrons. The van der Waals surface area contributed by atoms with E-state index in [0.717, 1.165) is 29.4 Å². The summed E-state index contributed by atoms with van der Waals surface area (Å²) in [7, 11) is 0. The van der Waals surface area contributed by atoms with E-state index in [2.05, 4.69) is 24.1 Å². The van der Waals surface area contributed by atoms with Gasteiger partial charge in [0, 0.05) is 17.6 Å². The van der Waals surface area contributed by atoms with Crippen LogP contribution >= 0.6 is 0 Å². The van der Waals surface area contributed by atoms with Crippen LogP contribution in [0, 0.1) is 5.92 Å². The summed E-state index contributed by atoms with van der Waals surface area (Å²) in [6.45, 7) is 5.96. The summed E-state index contributed by atoms with van der Waals surface area (Å²) in [5.74, 6) is 0.643. The van der Waals surface area contributed by atoms with E-state index < -0.39 is 0 Å². The highest BCUT2D eigenvalue weighted by atomic mass is 16.1. The third-order valence-corrected chi connectivity index (χ3v) is 3.34. The fourth-order valence-electron chi connectivity index (χ4n) is 1.92. The maximum atomic E-state index is 11.9. The minimum absolute atomic E-state index is 0.00496. The number of hydrogen-bond donors (Lipinski definition) is 2.